The van der Waals surface area contributed by atoms with Crippen LogP contribution in [-0.4, -0.2) is 50.6 Å². The van der Waals surface area contributed by atoms with Gasteiger partial charge in [-0.2, -0.15) is 5.10 Å². The van der Waals surface area contributed by atoms with Crippen molar-refractivity contribution in [2.24, 2.45) is 5.73 Å². The normalized spacial score (nSPS) is 16.9. The molecule has 0 aliphatic carbocycles. The fourth-order valence-corrected chi connectivity index (χ4v) is 3.39. The molecule has 0 saturated carbocycles. The summed E-state index contributed by atoms with van der Waals surface area (Å²) in [6.45, 7) is 2.01. The number of rotatable bonds is 8. The van der Waals surface area contributed by atoms with Crippen molar-refractivity contribution in [1.29, 1.82) is 0 Å². The van der Waals surface area contributed by atoms with Crippen LogP contribution in [0.5, 0.6) is 0 Å². The molecule has 0 radical (unpaired) electrons. The molecule has 1 aliphatic heterocycles. The molecule has 1 atom stereocenters. The summed E-state index contributed by atoms with van der Waals surface area (Å²) in [5.74, 6) is 0.290. The van der Waals surface area contributed by atoms with Crippen LogP contribution in [0.2, 0.25) is 0 Å². The van der Waals surface area contributed by atoms with Gasteiger partial charge < -0.3 is 16.0 Å². The number of nitrogens with one attached hydrogen (secondary N) is 1. The predicted molar refractivity (Wildman–Crippen MR) is 102 cm³/mol. The highest BCUT2D eigenvalue weighted by atomic mass is 16.2. The van der Waals surface area contributed by atoms with E-state index in [1.54, 1.807) is 24.5 Å². The summed E-state index contributed by atoms with van der Waals surface area (Å²) in [6.07, 6.45) is 9.65. The Bertz CT molecular complexity index is 744. The fourth-order valence-electron chi connectivity index (χ4n) is 3.39. The highest BCUT2D eigenvalue weighted by molar-refractivity contribution is 5.94. The van der Waals surface area contributed by atoms with E-state index >= 15 is 0 Å². The van der Waals surface area contributed by atoms with Gasteiger partial charge in [0.05, 0.1) is 5.56 Å². The number of aromatic nitrogens is 3. The molecule has 3 N–H and O–H groups in total. The van der Waals surface area contributed by atoms with Crippen LogP contribution in [0.1, 0.15) is 42.5 Å². The number of primary amides is 1. The molecular weight excluding hydrogens is 344 g/mol. The molecule has 3 heterocycles. The number of amides is 2. The summed E-state index contributed by atoms with van der Waals surface area (Å²) in [5.41, 5.74) is 5.70. The van der Waals surface area contributed by atoms with Gasteiger partial charge in [0, 0.05) is 50.7 Å². The van der Waals surface area contributed by atoms with Gasteiger partial charge in [0.1, 0.15) is 5.82 Å². The lowest BCUT2D eigenvalue weighted by Crippen LogP contribution is -2.44. The lowest BCUT2D eigenvalue weighted by atomic mass is 9.98. The molecule has 0 unspecified atom stereocenters. The molecule has 3 rings (SSSR count). The van der Waals surface area contributed by atoms with Gasteiger partial charge in [0.2, 0.25) is 5.91 Å². The lowest BCUT2D eigenvalue weighted by molar-refractivity contribution is -0.117. The highest BCUT2D eigenvalue weighted by Gasteiger charge is 2.27. The van der Waals surface area contributed by atoms with Gasteiger partial charge >= 0.3 is 0 Å². The number of anilines is 1. The molecule has 8 nitrogen and oxygen atoms in total. The maximum atomic E-state index is 13.0. The molecule has 27 heavy (non-hydrogen) atoms. The average Bonchev–Trinajstić information content (AvgIpc) is 3.20. The van der Waals surface area contributed by atoms with Crippen LogP contribution in [0.15, 0.2) is 36.8 Å². The van der Waals surface area contributed by atoms with Crippen LogP contribution in [0.3, 0.4) is 0 Å². The summed E-state index contributed by atoms with van der Waals surface area (Å²) < 4.78 is 1.91. The van der Waals surface area contributed by atoms with Crippen LogP contribution in [0, 0.1) is 0 Å². The van der Waals surface area contributed by atoms with Crippen LogP contribution in [0.25, 0.3) is 0 Å². The molecule has 0 spiro atoms. The van der Waals surface area contributed by atoms with E-state index in [4.69, 9.17) is 5.73 Å². The van der Waals surface area contributed by atoms with Gasteiger partial charge in [-0.25, -0.2) is 4.98 Å². The first-order valence-corrected chi connectivity index (χ1v) is 9.40. The second kappa shape index (κ2) is 9.16. The van der Waals surface area contributed by atoms with Gasteiger partial charge in [-0.1, -0.05) is 0 Å². The summed E-state index contributed by atoms with van der Waals surface area (Å²) in [4.78, 5) is 30.0. The van der Waals surface area contributed by atoms with E-state index in [1.165, 1.54) is 0 Å². The minimum absolute atomic E-state index is 0.0244. The van der Waals surface area contributed by atoms with Crippen LogP contribution in [0.4, 0.5) is 5.82 Å². The van der Waals surface area contributed by atoms with E-state index in [9.17, 15) is 9.59 Å². The molecule has 1 saturated heterocycles. The Balaban J connectivity index is 1.59. The topological polar surface area (TPSA) is 106 Å². The van der Waals surface area contributed by atoms with Gasteiger partial charge in [-0.3, -0.25) is 14.3 Å². The van der Waals surface area contributed by atoms with Crippen molar-refractivity contribution >= 4 is 17.6 Å². The molecule has 2 aromatic heterocycles. The number of aryl methyl sites for hydroxylation is 1. The summed E-state index contributed by atoms with van der Waals surface area (Å²) in [6, 6.07) is 5.68. The van der Waals surface area contributed by atoms with Crippen molar-refractivity contribution in [2.45, 2.75) is 44.7 Å². The number of carbonyl (C=O) groups excluding carboxylic acids is 2. The first-order chi connectivity index (χ1) is 13.1. The van der Waals surface area contributed by atoms with Crippen molar-refractivity contribution in [3.05, 3.63) is 42.4 Å². The number of carbonyl (C=O) groups is 2. The molecular formula is C19H26N6O2. The van der Waals surface area contributed by atoms with E-state index in [-0.39, 0.29) is 24.3 Å². The standard InChI is InChI=1S/C19H26N6O2/c20-17(26)7-10-21-18-6-5-15(14-22-18)19(27)25-12-2-1-4-16(25)8-13-24-11-3-9-23-24/h3,5-6,9,11,14,16H,1-2,4,7-8,10,12-13H2,(H2,20,26)(H,21,22)/t16-/m1/s1. The Morgan fingerprint density at radius 1 is 1.30 bits per heavy atom. The molecule has 0 bridgehead atoms. The zero-order valence-corrected chi connectivity index (χ0v) is 15.4. The molecule has 8 heteroatoms. The number of hydrogen-bond donors (Lipinski definition) is 2. The smallest absolute Gasteiger partial charge is 0.255 e. The minimum Gasteiger partial charge on any atom is -0.370 e. The summed E-state index contributed by atoms with van der Waals surface area (Å²) in [5, 5.41) is 7.26. The molecule has 2 amide bonds. The zero-order chi connectivity index (χ0) is 19.1. The first kappa shape index (κ1) is 18.9. The Kier molecular flexibility index (Phi) is 6.40. The Labute approximate surface area is 158 Å². The number of nitrogens with two attached hydrogens (primary N) is 1. The van der Waals surface area contributed by atoms with E-state index in [0.717, 1.165) is 38.8 Å². The van der Waals surface area contributed by atoms with Crippen LogP contribution < -0.4 is 11.1 Å². The third-order valence-corrected chi connectivity index (χ3v) is 4.83. The second-order valence-electron chi connectivity index (χ2n) is 6.78. The molecule has 144 valence electrons. The van der Waals surface area contributed by atoms with E-state index in [2.05, 4.69) is 15.4 Å². The molecule has 0 aromatic carbocycles. The van der Waals surface area contributed by atoms with Gasteiger partial charge in [0.15, 0.2) is 0 Å². The number of likely N-dealkylation sites (tertiary alicyclic amines) is 1. The van der Waals surface area contributed by atoms with Gasteiger partial charge in [-0.15, -0.1) is 0 Å². The highest BCUT2D eigenvalue weighted by Crippen LogP contribution is 2.22. The monoisotopic (exact) mass is 370 g/mol. The quantitative estimate of drug-likeness (QED) is 0.735. The number of hydrogen-bond acceptors (Lipinski definition) is 5. The molecule has 1 fully saturated rings. The summed E-state index contributed by atoms with van der Waals surface area (Å²) >= 11 is 0. The van der Waals surface area contributed by atoms with Crippen molar-refractivity contribution < 1.29 is 9.59 Å². The van der Waals surface area contributed by atoms with Crippen molar-refractivity contribution in [2.75, 3.05) is 18.4 Å². The van der Waals surface area contributed by atoms with Crippen molar-refractivity contribution in [3.8, 4) is 0 Å². The van der Waals surface area contributed by atoms with Crippen LogP contribution >= 0.6 is 0 Å². The Hall–Kier alpha value is -2.90. The lowest BCUT2D eigenvalue weighted by Gasteiger charge is -2.36. The maximum Gasteiger partial charge on any atom is 0.255 e. The zero-order valence-electron chi connectivity index (χ0n) is 15.4. The minimum atomic E-state index is -0.361. The summed E-state index contributed by atoms with van der Waals surface area (Å²) in [7, 11) is 0. The van der Waals surface area contributed by atoms with E-state index in [0.29, 0.717) is 17.9 Å². The average molecular weight is 370 g/mol. The van der Waals surface area contributed by atoms with E-state index in [1.807, 2.05) is 21.8 Å². The Morgan fingerprint density at radius 3 is 2.89 bits per heavy atom. The predicted octanol–water partition coefficient (Wildman–Crippen LogP) is 1.65. The number of pyridine rings is 1. The van der Waals surface area contributed by atoms with Crippen LogP contribution in [-0.2, 0) is 11.3 Å². The van der Waals surface area contributed by atoms with Crippen molar-refractivity contribution in [1.82, 2.24) is 19.7 Å². The number of piperidine rings is 1. The van der Waals surface area contributed by atoms with E-state index < -0.39 is 0 Å². The third-order valence-electron chi connectivity index (χ3n) is 4.83. The first-order valence-electron chi connectivity index (χ1n) is 9.40. The van der Waals surface area contributed by atoms with Gasteiger partial charge in [-0.05, 0) is 43.9 Å². The van der Waals surface area contributed by atoms with Gasteiger partial charge in [0.25, 0.3) is 5.91 Å². The largest absolute Gasteiger partial charge is 0.370 e. The Morgan fingerprint density at radius 2 is 2.19 bits per heavy atom. The fraction of sp³-hybridized carbons (Fsp3) is 0.474. The maximum absolute atomic E-state index is 13.0. The number of nitrogens with zero attached hydrogens (tertiary/aromatic N) is 4. The molecule has 2 aromatic rings. The third kappa shape index (κ3) is 5.29. The SMILES string of the molecule is NC(=O)CCNc1ccc(C(=O)N2CCCC[C@@H]2CCn2cccn2)cn1. The van der Waals surface area contributed by atoms with Crippen molar-refractivity contribution in [3.63, 3.8) is 0 Å². The molecule has 1 aliphatic rings. The second-order valence-corrected chi connectivity index (χ2v) is 6.78.